The van der Waals surface area contributed by atoms with Gasteiger partial charge in [0, 0.05) is 11.8 Å². The molecule has 9 aromatic carbocycles. The monoisotopic (exact) mass is 680 g/mol. The van der Waals surface area contributed by atoms with E-state index >= 15 is 0 Å². The molecule has 0 saturated heterocycles. The molecule has 2 atom stereocenters. The van der Waals surface area contributed by atoms with Crippen molar-refractivity contribution in [3.05, 3.63) is 193 Å². The maximum absolute atomic E-state index is 2.56. The van der Waals surface area contributed by atoms with E-state index < -0.39 is 0 Å². The summed E-state index contributed by atoms with van der Waals surface area (Å²) in [6.07, 6.45) is 14.2. The van der Waals surface area contributed by atoms with Crippen molar-refractivity contribution in [1.29, 1.82) is 0 Å². The average molecular weight is 681 g/mol. The molecule has 2 unspecified atom stereocenters. The van der Waals surface area contributed by atoms with Crippen molar-refractivity contribution in [3.63, 3.8) is 0 Å². The average Bonchev–Trinajstić information content (AvgIpc) is 3.73. The van der Waals surface area contributed by atoms with Crippen LogP contribution in [0.25, 0.3) is 110 Å². The van der Waals surface area contributed by atoms with E-state index in [4.69, 9.17) is 0 Å². The van der Waals surface area contributed by atoms with Gasteiger partial charge in [0.25, 0.3) is 0 Å². The van der Waals surface area contributed by atoms with Crippen molar-refractivity contribution in [1.82, 2.24) is 0 Å². The van der Waals surface area contributed by atoms with E-state index in [1.807, 2.05) is 0 Å². The van der Waals surface area contributed by atoms with Gasteiger partial charge in [0.1, 0.15) is 0 Å². The van der Waals surface area contributed by atoms with Crippen molar-refractivity contribution in [3.8, 4) is 55.6 Å². The zero-order valence-electron chi connectivity index (χ0n) is 29.5. The maximum atomic E-state index is 2.56. The van der Waals surface area contributed by atoms with E-state index in [1.54, 1.807) is 0 Å². The van der Waals surface area contributed by atoms with E-state index in [0.29, 0.717) is 11.8 Å². The zero-order chi connectivity index (χ0) is 35.1. The van der Waals surface area contributed by atoms with Crippen LogP contribution >= 0.6 is 0 Å². The number of fused-ring (bicyclic) bond motifs is 7. The Balaban J connectivity index is 1.20. The minimum atomic E-state index is 0.328. The molecule has 0 saturated carbocycles. The quantitative estimate of drug-likeness (QED) is 0.163. The van der Waals surface area contributed by atoms with E-state index in [0.717, 1.165) is 0 Å². The van der Waals surface area contributed by atoms with Crippen LogP contribution in [-0.4, -0.2) is 0 Å². The molecule has 4 aliphatic rings. The minimum absolute atomic E-state index is 0.328. The molecule has 9 aromatic rings. The number of rotatable bonds is 3. The van der Waals surface area contributed by atoms with Crippen LogP contribution in [0.5, 0.6) is 0 Å². The molecule has 0 N–H and O–H groups in total. The van der Waals surface area contributed by atoms with Crippen LogP contribution in [-0.2, 0) is 0 Å². The van der Waals surface area contributed by atoms with Gasteiger partial charge in [-0.2, -0.15) is 0 Å². The second kappa shape index (κ2) is 10.4. The van der Waals surface area contributed by atoms with Gasteiger partial charge in [-0.3, -0.25) is 0 Å². The lowest BCUT2D eigenvalue weighted by molar-refractivity contribution is 0.707. The van der Waals surface area contributed by atoms with Crippen LogP contribution < -0.4 is 0 Å². The third-order valence-electron chi connectivity index (χ3n) is 12.8. The summed E-state index contributed by atoms with van der Waals surface area (Å²) in [6.45, 7) is 0. The fourth-order valence-electron chi connectivity index (χ4n) is 10.7. The van der Waals surface area contributed by atoms with Gasteiger partial charge in [-0.25, -0.2) is 0 Å². The molecule has 0 aromatic heterocycles. The Hall–Kier alpha value is -6.76. The summed E-state index contributed by atoms with van der Waals surface area (Å²) in [7, 11) is 0. The van der Waals surface area contributed by atoms with Crippen LogP contribution in [0.1, 0.15) is 11.1 Å². The second-order valence-corrected chi connectivity index (χ2v) is 15.5. The molecule has 0 aliphatic heterocycles. The molecule has 0 bridgehead atoms. The van der Waals surface area contributed by atoms with Gasteiger partial charge >= 0.3 is 0 Å². The molecule has 0 heterocycles. The highest BCUT2D eigenvalue weighted by Gasteiger charge is 2.42. The maximum Gasteiger partial charge on any atom is 0.0200 e. The van der Waals surface area contributed by atoms with Gasteiger partial charge in [-0.05, 0) is 151 Å². The summed E-state index contributed by atoms with van der Waals surface area (Å²) in [6, 6.07) is 54.9. The first kappa shape index (κ1) is 28.8. The molecule has 4 aliphatic carbocycles. The topological polar surface area (TPSA) is 0 Å². The fraction of sp³-hybridized carbons (Fsp3) is 0.0370. The van der Waals surface area contributed by atoms with Crippen molar-refractivity contribution in [2.24, 2.45) is 11.8 Å². The van der Waals surface area contributed by atoms with E-state index in [-0.39, 0.29) is 0 Å². The summed E-state index contributed by atoms with van der Waals surface area (Å²) in [5.74, 6) is 0.692. The third kappa shape index (κ3) is 3.67. The van der Waals surface area contributed by atoms with Crippen molar-refractivity contribution in [2.75, 3.05) is 0 Å². The normalized spacial score (nSPS) is 17.3. The summed E-state index contributed by atoms with van der Waals surface area (Å²) in [5, 5.41) is 10.7. The van der Waals surface area contributed by atoms with Crippen LogP contribution in [0.2, 0.25) is 0 Å². The Morgan fingerprint density at radius 1 is 0.333 bits per heavy atom. The second-order valence-electron chi connectivity index (χ2n) is 15.5. The van der Waals surface area contributed by atoms with E-state index in [1.165, 1.54) is 121 Å². The first-order valence-electron chi connectivity index (χ1n) is 19.2. The Morgan fingerprint density at radius 3 is 1.50 bits per heavy atom. The molecule has 0 nitrogen and oxygen atoms in total. The van der Waals surface area contributed by atoms with Gasteiger partial charge in [-0.1, -0.05) is 152 Å². The Labute approximate surface area is 313 Å². The highest BCUT2D eigenvalue weighted by Crippen LogP contribution is 2.61. The lowest BCUT2D eigenvalue weighted by atomic mass is 9.77. The fourth-order valence-corrected chi connectivity index (χ4v) is 10.7. The largest absolute Gasteiger partial charge is 0.0767 e. The summed E-state index contributed by atoms with van der Waals surface area (Å²) >= 11 is 0. The first-order chi connectivity index (χ1) is 26.8. The highest BCUT2D eigenvalue weighted by atomic mass is 14.4. The molecule has 0 spiro atoms. The molecule has 13 rings (SSSR count). The molecule has 0 fully saturated rings. The van der Waals surface area contributed by atoms with Crippen LogP contribution in [0.4, 0.5) is 0 Å². The Bertz CT molecular complexity index is 3230. The summed E-state index contributed by atoms with van der Waals surface area (Å²) in [5.41, 5.74) is 18.8. The van der Waals surface area contributed by atoms with Crippen molar-refractivity contribution in [2.45, 2.75) is 0 Å². The number of hydrogen-bond donors (Lipinski definition) is 0. The number of hydrogen-bond acceptors (Lipinski definition) is 0. The van der Waals surface area contributed by atoms with E-state index in [9.17, 15) is 0 Å². The predicted octanol–water partition coefficient (Wildman–Crippen LogP) is 14.5. The molecule has 0 heteroatoms. The standard InChI is InChI=1S/C54H32/c1-4-12-31(13-5-1)37-26-36-23-22-35-24-25-39-42-29-45-46(30-43(42)44-28-38(27-37)47(36)51(35)52(39)44)50(34-16-8-3-9-17-34)54-41-21-11-19-32-18-10-20-40(48(32)41)53(54)49(45)33-14-6-2-7-15-33/h1-30,32,48H. The Morgan fingerprint density at radius 2 is 0.870 bits per heavy atom. The van der Waals surface area contributed by atoms with Gasteiger partial charge in [0.2, 0.25) is 0 Å². The molecule has 248 valence electrons. The van der Waals surface area contributed by atoms with Gasteiger partial charge < -0.3 is 0 Å². The minimum Gasteiger partial charge on any atom is -0.0767 e. The van der Waals surface area contributed by atoms with Gasteiger partial charge in [0.15, 0.2) is 0 Å². The van der Waals surface area contributed by atoms with Gasteiger partial charge in [-0.15, -0.1) is 0 Å². The predicted molar refractivity (Wildman–Crippen MR) is 230 cm³/mol. The van der Waals surface area contributed by atoms with Crippen LogP contribution in [0, 0.1) is 11.8 Å². The number of benzene rings is 9. The molecular weight excluding hydrogens is 649 g/mol. The lowest BCUT2D eigenvalue weighted by Gasteiger charge is -2.26. The zero-order valence-corrected chi connectivity index (χ0v) is 29.5. The first-order valence-corrected chi connectivity index (χ1v) is 19.2. The molecule has 54 heavy (non-hydrogen) atoms. The molecule has 0 amide bonds. The van der Waals surface area contributed by atoms with E-state index in [2.05, 4.69) is 182 Å². The summed E-state index contributed by atoms with van der Waals surface area (Å²) < 4.78 is 0. The van der Waals surface area contributed by atoms with Crippen molar-refractivity contribution >= 4 is 54.2 Å². The Kier molecular flexibility index (Phi) is 5.56. The molecular formula is C54H32. The third-order valence-corrected chi connectivity index (χ3v) is 12.8. The summed E-state index contributed by atoms with van der Waals surface area (Å²) in [4.78, 5) is 0. The van der Waals surface area contributed by atoms with Crippen LogP contribution in [0.3, 0.4) is 0 Å². The van der Waals surface area contributed by atoms with Crippen LogP contribution in [0.15, 0.2) is 182 Å². The molecule has 0 radical (unpaired) electrons. The van der Waals surface area contributed by atoms with Gasteiger partial charge in [0.05, 0.1) is 0 Å². The lowest BCUT2D eigenvalue weighted by Crippen LogP contribution is -2.14. The smallest absolute Gasteiger partial charge is 0.0200 e. The SMILES string of the molecule is C1=CC2C=CC=C3c4c(c(-c5ccccc5)c5cc6c(cc5c4-c4ccccc4)-c4cc5cc(-c7ccccc7)cc7ccc8ccc-6c4c8c75)C(=C1)C32. The highest BCUT2D eigenvalue weighted by molar-refractivity contribution is 6.33. The van der Waals surface area contributed by atoms with Crippen molar-refractivity contribution < 1.29 is 0 Å². The number of allylic oxidation sites excluding steroid dienone is 8.